The molecule has 0 bridgehead atoms. The molecule has 19 heavy (non-hydrogen) atoms. The van der Waals surface area contributed by atoms with Gasteiger partial charge >= 0.3 is 0 Å². The summed E-state index contributed by atoms with van der Waals surface area (Å²) < 4.78 is 43.0. The molecule has 1 saturated heterocycles. The molecule has 0 N–H and O–H groups in total. The van der Waals surface area contributed by atoms with Gasteiger partial charge < -0.3 is 4.74 Å². The Balaban J connectivity index is 2.31. The van der Waals surface area contributed by atoms with Gasteiger partial charge in [0.15, 0.2) is 15.6 Å². The topological polar surface area (TPSA) is 60.4 Å². The normalized spacial score (nSPS) is 17.8. The highest BCUT2D eigenvalue weighted by Gasteiger charge is 2.38. The maximum Gasteiger partial charge on any atom is 0.179 e. The average Bonchev–Trinajstić information content (AvgIpc) is 2.25. The van der Waals surface area contributed by atoms with Gasteiger partial charge in [0.25, 0.3) is 0 Å². The van der Waals surface area contributed by atoms with Gasteiger partial charge in [0, 0.05) is 5.41 Å². The Morgan fingerprint density at radius 3 is 2.47 bits per heavy atom. The zero-order valence-corrected chi connectivity index (χ0v) is 11.6. The van der Waals surface area contributed by atoms with E-state index in [0.29, 0.717) is 13.2 Å². The second-order valence-corrected chi connectivity index (χ2v) is 7.25. The molecule has 4 nitrogen and oxygen atoms in total. The van der Waals surface area contributed by atoms with Crippen LogP contribution in [-0.4, -0.2) is 33.2 Å². The zero-order valence-electron chi connectivity index (χ0n) is 10.8. The third-order valence-electron chi connectivity index (χ3n) is 3.12. The fourth-order valence-corrected chi connectivity index (χ4v) is 3.86. The van der Waals surface area contributed by atoms with Gasteiger partial charge in [-0.2, -0.15) is 0 Å². The van der Waals surface area contributed by atoms with Crippen molar-refractivity contribution in [1.29, 1.82) is 0 Å². The molecular weight excluding hydrogens is 271 g/mol. The molecule has 1 aliphatic heterocycles. The van der Waals surface area contributed by atoms with E-state index in [4.69, 9.17) is 4.74 Å². The number of ether oxygens (including phenoxy) is 1. The van der Waals surface area contributed by atoms with Crippen molar-refractivity contribution in [3.63, 3.8) is 0 Å². The molecule has 0 amide bonds. The number of carbonyl (C=O) groups excluding carboxylic acids is 1. The Morgan fingerprint density at radius 2 is 2.05 bits per heavy atom. The van der Waals surface area contributed by atoms with Crippen LogP contribution in [0.5, 0.6) is 0 Å². The second-order valence-electron chi connectivity index (χ2n) is 5.26. The highest BCUT2D eigenvalue weighted by Crippen LogP contribution is 2.31. The minimum Gasteiger partial charge on any atom is -0.380 e. The summed E-state index contributed by atoms with van der Waals surface area (Å²) in [5.41, 5.74) is -0.508. The van der Waals surface area contributed by atoms with Crippen molar-refractivity contribution in [3.8, 4) is 0 Å². The van der Waals surface area contributed by atoms with Crippen LogP contribution in [0.3, 0.4) is 0 Å². The molecule has 1 aromatic carbocycles. The summed E-state index contributed by atoms with van der Waals surface area (Å²) in [6.45, 7) is 3.83. The van der Waals surface area contributed by atoms with Crippen LogP contribution >= 0.6 is 0 Å². The molecular formula is C13H15FO4S. The SMILES string of the molecule is CC(=O)c1ccc(S(=O)(=O)CC2(C)COC2)cc1F. The first-order valence-electron chi connectivity index (χ1n) is 5.85. The van der Waals surface area contributed by atoms with Crippen LogP contribution in [0.25, 0.3) is 0 Å². The van der Waals surface area contributed by atoms with E-state index >= 15 is 0 Å². The third kappa shape index (κ3) is 2.84. The van der Waals surface area contributed by atoms with E-state index in [1.54, 1.807) is 0 Å². The first-order valence-corrected chi connectivity index (χ1v) is 7.50. The lowest BCUT2D eigenvalue weighted by Gasteiger charge is -2.37. The highest BCUT2D eigenvalue weighted by atomic mass is 32.2. The smallest absolute Gasteiger partial charge is 0.179 e. The summed E-state index contributed by atoms with van der Waals surface area (Å²) in [5.74, 6) is -1.32. The van der Waals surface area contributed by atoms with Gasteiger partial charge in [0.1, 0.15) is 5.82 Å². The van der Waals surface area contributed by atoms with Crippen molar-refractivity contribution in [2.24, 2.45) is 5.41 Å². The summed E-state index contributed by atoms with van der Waals surface area (Å²) in [4.78, 5) is 11.0. The fraction of sp³-hybridized carbons (Fsp3) is 0.462. The Hall–Kier alpha value is -1.27. The maximum absolute atomic E-state index is 13.7. The molecule has 1 fully saturated rings. The summed E-state index contributed by atoms with van der Waals surface area (Å²) in [6, 6.07) is 3.40. The monoisotopic (exact) mass is 286 g/mol. The second kappa shape index (κ2) is 4.68. The van der Waals surface area contributed by atoms with E-state index in [0.717, 1.165) is 6.07 Å². The lowest BCUT2D eigenvalue weighted by Crippen LogP contribution is -2.45. The standard InChI is InChI=1S/C13H15FO4S/c1-9(15)11-4-3-10(5-12(11)14)19(16,17)8-13(2)6-18-7-13/h3-5H,6-8H2,1-2H3. The van der Waals surface area contributed by atoms with Crippen LogP contribution in [0.2, 0.25) is 0 Å². The van der Waals surface area contributed by atoms with Gasteiger partial charge in [-0.05, 0) is 25.1 Å². The van der Waals surface area contributed by atoms with E-state index in [2.05, 4.69) is 0 Å². The molecule has 2 rings (SSSR count). The largest absolute Gasteiger partial charge is 0.380 e. The van der Waals surface area contributed by atoms with Crippen molar-refractivity contribution < 1.29 is 22.3 Å². The van der Waals surface area contributed by atoms with Crippen LogP contribution < -0.4 is 0 Å². The zero-order chi connectivity index (χ0) is 14.3. The van der Waals surface area contributed by atoms with Crippen molar-refractivity contribution in [3.05, 3.63) is 29.6 Å². The molecule has 0 unspecified atom stereocenters. The molecule has 0 aromatic heterocycles. The molecule has 6 heteroatoms. The van der Waals surface area contributed by atoms with E-state index in [-0.39, 0.29) is 16.2 Å². The first kappa shape index (κ1) is 14.1. The van der Waals surface area contributed by atoms with E-state index in [9.17, 15) is 17.6 Å². The summed E-state index contributed by atoms with van der Waals surface area (Å²) in [6.07, 6.45) is 0. The molecule has 0 spiro atoms. The van der Waals surface area contributed by atoms with E-state index in [1.807, 2.05) is 6.92 Å². The van der Waals surface area contributed by atoms with Crippen LogP contribution in [0.15, 0.2) is 23.1 Å². The fourth-order valence-electron chi connectivity index (χ4n) is 2.05. The number of hydrogen-bond acceptors (Lipinski definition) is 4. The molecule has 0 aliphatic carbocycles. The van der Waals surface area contributed by atoms with Crippen molar-refractivity contribution in [1.82, 2.24) is 0 Å². The van der Waals surface area contributed by atoms with E-state index in [1.165, 1.54) is 19.1 Å². The Kier molecular flexibility index (Phi) is 3.49. The number of halogens is 1. The molecule has 104 valence electrons. The van der Waals surface area contributed by atoms with Crippen molar-refractivity contribution in [2.75, 3.05) is 19.0 Å². The number of benzene rings is 1. The quantitative estimate of drug-likeness (QED) is 0.792. The van der Waals surface area contributed by atoms with E-state index < -0.39 is 26.9 Å². The lowest BCUT2D eigenvalue weighted by atomic mass is 9.92. The predicted molar refractivity (Wildman–Crippen MR) is 67.4 cm³/mol. The summed E-state index contributed by atoms with van der Waals surface area (Å²) in [7, 11) is -3.58. The number of sulfone groups is 1. The highest BCUT2D eigenvalue weighted by molar-refractivity contribution is 7.91. The number of ketones is 1. The van der Waals surface area contributed by atoms with Crippen molar-refractivity contribution >= 4 is 15.6 Å². The van der Waals surface area contributed by atoms with Crippen molar-refractivity contribution in [2.45, 2.75) is 18.7 Å². The molecule has 1 aromatic rings. The first-order chi connectivity index (χ1) is 8.73. The molecule has 0 saturated carbocycles. The van der Waals surface area contributed by atoms with Gasteiger partial charge in [-0.25, -0.2) is 12.8 Å². The Labute approximate surface area is 111 Å². The minimum atomic E-state index is -3.58. The molecule has 0 atom stereocenters. The molecule has 1 heterocycles. The van der Waals surface area contributed by atoms with Gasteiger partial charge in [0.05, 0.1) is 29.4 Å². The number of carbonyl (C=O) groups is 1. The average molecular weight is 286 g/mol. The van der Waals surface area contributed by atoms with Crippen LogP contribution in [-0.2, 0) is 14.6 Å². The minimum absolute atomic E-state index is 0.0845. The summed E-state index contributed by atoms with van der Waals surface area (Å²) >= 11 is 0. The van der Waals surface area contributed by atoms with Crippen LogP contribution in [0, 0.1) is 11.2 Å². The number of hydrogen-bond donors (Lipinski definition) is 0. The van der Waals surface area contributed by atoms with Crippen LogP contribution in [0.4, 0.5) is 4.39 Å². The summed E-state index contributed by atoms with van der Waals surface area (Å²) in [5, 5.41) is 0. The number of Topliss-reactive ketones (excluding diaryl/α,β-unsaturated/α-hetero) is 1. The van der Waals surface area contributed by atoms with Gasteiger partial charge in [-0.15, -0.1) is 0 Å². The van der Waals surface area contributed by atoms with Gasteiger partial charge in [-0.1, -0.05) is 6.92 Å². The Bertz CT molecular complexity index is 618. The van der Waals surface area contributed by atoms with Gasteiger partial charge in [0.2, 0.25) is 0 Å². The lowest BCUT2D eigenvalue weighted by molar-refractivity contribution is -0.0870. The third-order valence-corrected chi connectivity index (χ3v) is 5.17. The predicted octanol–water partition coefficient (Wildman–Crippen LogP) is 1.84. The van der Waals surface area contributed by atoms with Gasteiger partial charge in [-0.3, -0.25) is 4.79 Å². The maximum atomic E-state index is 13.7. The molecule has 0 radical (unpaired) electrons. The molecule has 1 aliphatic rings. The van der Waals surface area contributed by atoms with Crippen LogP contribution in [0.1, 0.15) is 24.2 Å². The Morgan fingerprint density at radius 1 is 1.42 bits per heavy atom. The number of rotatable bonds is 4.